The molecule has 0 aliphatic rings. The first kappa shape index (κ1) is 28.5. The van der Waals surface area contributed by atoms with Gasteiger partial charge in [-0.3, -0.25) is 9.59 Å². The lowest BCUT2D eigenvalue weighted by atomic mass is 10.0. The van der Waals surface area contributed by atoms with E-state index in [1.807, 2.05) is 92.7 Å². The molecule has 2 amide bonds. The first-order chi connectivity index (χ1) is 17.8. The molecule has 0 unspecified atom stereocenters. The molecule has 0 aromatic heterocycles. The zero-order chi connectivity index (χ0) is 26.8. The summed E-state index contributed by atoms with van der Waals surface area (Å²) in [6.45, 7) is 8.35. The molecule has 0 aliphatic carbocycles. The maximum Gasteiger partial charge on any atom is 0.261 e. The van der Waals surface area contributed by atoms with E-state index in [4.69, 9.17) is 4.74 Å². The van der Waals surface area contributed by atoms with Crippen molar-refractivity contribution in [2.24, 2.45) is 0 Å². The highest BCUT2D eigenvalue weighted by Gasteiger charge is 2.31. The summed E-state index contributed by atoms with van der Waals surface area (Å²) < 4.78 is 7.01. The van der Waals surface area contributed by atoms with E-state index >= 15 is 0 Å². The molecular formula is C31H37BrN2O3. The highest BCUT2D eigenvalue weighted by molar-refractivity contribution is 9.10. The number of carbonyl (C=O) groups is 2. The minimum atomic E-state index is -0.684. The van der Waals surface area contributed by atoms with Crippen LogP contribution in [0, 0.1) is 0 Å². The molecule has 0 saturated heterocycles. The lowest BCUT2D eigenvalue weighted by Gasteiger charge is -2.32. The summed E-state index contributed by atoms with van der Waals surface area (Å²) in [7, 11) is 0. The van der Waals surface area contributed by atoms with Crippen LogP contribution in [0.3, 0.4) is 0 Å². The van der Waals surface area contributed by atoms with Gasteiger partial charge in [0.2, 0.25) is 5.91 Å². The van der Waals surface area contributed by atoms with Gasteiger partial charge in [0.05, 0.1) is 0 Å². The molecule has 0 radical (unpaired) electrons. The van der Waals surface area contributed by atoms with Crippen molar-refractivity contribution in [1.82, 2.24) is 10.2 Å². The van der Waals surface area contributed by atoms with E-state index in [0.29, 0.717) is 18.7 Å². The van der Waals surface area contributed by atoms with Crippen molar-refractivity contribution in [2.75, 3.05) is 6.61 Å². The summed E-state index contributed by atoms with van der Waals surface area (Å²) in [5, 5.41) is 3.10. The molecule has 3 rings (SSSR count). The number of rotatable bonds is 12. The van der Waals surface area contributed by atoms with E-state index in [1.165, 1.54) is 0 Å². The number of nitrogens with one attached hydrogen (secondary N) is 1. The van der Waals surface area contributed by atoms with Crippen LogP contribution < -0.4 is 10.1 Å². The van der Waals surface area contributed by atoms with E-state index < -0.39 is 6.04 Å². The predicted molar refractivity (Wildman–Crippen MR) is 153 cm³/mol. The van der Waals surface area contributed by atoms with Crippen LogP contribution in [0.2, 0.25) is 0 Å². The summed E-state index contributed by atoms with van der Waals surface area (Å²) in [5.74, 6) is 0.559. The van der Waals surface area contributed by atoms with Crippen LogP contribution in [0.5, 0.6) is 5.75 Å². The Kier molecular flexibility index (Phi) is 10.8. The van der Waals surface area contributed by atoms with Crippen molar-refractivity contribution in [3.8, 4) is 5.75 Å². The van der Waals surface area contributed by atoms with Gasteiger partial charge in [-0.05, 0) is 54.2 Å². The van der Waals surface area contributed by atoms with E-state index in [1.54, 1.807) is 4.90 Å². The van der Waals surface area contributed by atoms with Gasteiger partial charge in [0.1, 0.15) is 11.8 Å². The Morgan fingerprint density at radius 1 is 0.892 bits per heavy atom. The standard InChI is InChI=1S/C31H37BrN2O3/c1-5-23(4)33-31(36)28(19-24-11-7-6-8-12-24)34(20-25-15-17-26(32)18-16-25)30(35)21-37-29-14-10-9-13-27(29)22(2)3/h6-18,22-23,28H,5,19-21H2,1-4H3,(H,33,36)/t23-,28-/m0/s1. The Bertz CT molecular complexity index is 1150. The first-order valence-corrected chi connectivity index (χ1v) is 13.7. The summed E-state index contributed by atoms with van der Waals surface area (Å²) in [6.07, 6.45) is 1.22. The number of carbonyl (C=O) groups excluding carboxylic acids is 2. The smallest absolute Gasteiger partial charge is 0.261 e. The number of hydrogen-bond acceptors (Lipinski definition) is 3. The zero-order valence-corrected chi connectivity index (χ0v) is 23.7. The first-order valence-electron chi connectivity index (χ1n) is 12.9. The molecule has 37 heavy (non-hydrogen) atoms. The van der Waals surface area contributed by atoms with Gasteiger partial charge in [0.15, 0.2) is 6.61 Å². The SMILES string of the molecule is CC[C@H](C)NC(=O)[C@H](Cc1ccccc1)N(Cc1ccc(Br)cc1)C(=O)COc1ccccc1C(C)C. The van der Waals surface area contributed by atoms with Crippen molar-refractivity contribution in [1.29, 1.82) is 0 Å². The van der Waals surface area contributed by atoms with Crippen LogP contribution >= 0.6 is 15.9 Å². The second kappa shape index (κ2) is 14.0. The lowest BCUT2D eigenvalue weighted by Crippen LogP contribution is -2.53. The molecule has 196 valence electrons. The van der Waals surface area contributed by atoms with Gasteiger partial charge in [-0.25, -0.2) is 0 Å². The van der Waals surface area contributed by atoms with Crippen LogP contribution in [-0.4, -0.2) is 35.4 Å². The van der Waals surface area contributed by atoms with Gasteiger partial charge in [0.25, 0.3) is 5.91 Å². The Morgan fingerprint density at radius 3 is 2.19 bits per heavy atom. The zero-order valence-electron chi connectivity index (χ0n) is 22.1. The molecule has 0 fully saturated rings. The van der Waals surface area contributed by atoms with Gasteiger partial charge >= 0.3 is 0 Å². The molecule has 0 spiro atoms. The van der Waals surface area contributed by atoms with E-state index in [-0.39, 0.29) is 30.4 Å². The number of halogens is 1. The van der Waals surface area contributed by atoms with Crippen molar-refractivity contribution in [3.63, 3.8) is 0 Å². The summed E-state index contributed by atoms with van der Waals surface area (Å²) >= 11 is 3.48. The van der Waals surface area contributed by atoms with E-state index in [2.05, 4.69) is 35.1 Å². The summed E-state index contributed by atoms with van der Waals surface area (Å²) in [6, 6.07) is 24.7. The molecule has 2 atom stereocenters. The van der Waals surface area contributed by atoms with Crippen LogP contribution in [0.15, 0.2) is 83.3 Å². The van der Waals surface area contributed by atoms with Gasteiger partial charge in [0, 0.05) is 23.5 Å². The van der Waals surface area contributed by atoms with Crippen molar-refractivity contribution in [2.45, 2.75) is 65.1 Å². The molecular weight excluding hydrogens is 528 g/mol. The summed E-state index contributed by atoms with van der Waals surface area (Å²) in [5.41, 5.74) is 2.98. The maximum atomic E-state index is 13.8. The molecule has 0 bridgehead atoms. The third-order valence-corrected chi connectivity index (χ3v) is 6.96. The number of benzene rings is 3. The number of para-hydroxylation sites is 1. The molecule has 1 N–H and O–H groups in total. The summed E-state index contributed by atoms with van der Waals surface area (Å²) in [4.78, 5) is 29.0. The molecule has 3 aromatic rings. The van der Waals surface area contributed by atoms with Crippen LogP contribution in [0.1, 0.15) is 56.7 Å². The average molecular weight is 566 g/mol. The quantitative estimate of drug-likeness (QED) is 0.273. The number of nitrogens with zero attached hydrogens (tertiary/aromatic N) is 1. The number of ether oxygens (including phenoxy) is 1. The van der Waals surface area contributed by atoms with Crippen molar-refractivity contribution >= 4 is 27.7 Å². The molecule has 0 aliphatic heterocycles. The lowest BCUT2D eigenvalue weighted by molar-refractivity contribution is -0.143. The Hall–Kier alpha value is -3.12. The van der Waals surface area contributed by atoms with E-state index in [0.717, 1.165) is 27.6 Å². The second-order valence-corrected chi connectivity index (χ2v) is 10.6. The maximum absolute atomic E-state index is 13.8. The molecule has 0 saturated carbocycles. The molecule has 6 heteroatoms. The number of hydrogen-bond donors (Lipinski definition) is 1. The van der Waals surface area contributed by atoms with E-state index in [9.17, 15) is 9.59 Å². The fourth-order valence-electron chi connectivity index (χ4n) is 4.09. The van der Waals surface area contributed by atoms with Crippen LogP contribution in [0.25, 0.3) is 0 Å². The third kappa shape index (κ3) is 8.46. The largest absolute Gasteiger partial charge is 0.483 e. The van der Waals surface area contributed by atoms with Gasteiger partial charge < -0.3 is 15.0 Å². The minimum absolute atomic E-state index is 0.00424. The highest BCUT2D eigenvalue weighted by atomic mass is 79.9. The molecule has 3 aromatic carbocycles. The van der Waals surface area contributed by atoms with Gasteiger partial charge in [-0.15, -0.1) is 0 Å². The third-order valence-electron chi connectivity index (χ3n) is 6.43. The minimum Gasteiger partial charge on any atom is -0.483 e. The normalized spacial score (nSPS) is 12.6. The molecule has 0 heterocycles. The fraction of sp³-hybridized carbons (Fsp3) is 0.355. The topological polar surface area (TPSA) is 58.6 Å². The Labute approximate surface area is 229 Å². The highest BCUT2D eigenvalue weighted by Crippen LogP contribution is 2.26. The van der Waals surface area contributed by atoms with Gasteiger partial charge in [-0.1, -0.05) is 97.4 Å². The Balaban J connectivity index is 1.93. The van der Waals surface area contributed by atoms with Gasteiger partial charge in [-0.2, -0.15) is 0 Å². The second-order valence-electron chi connectivity index (χ2n) is 9.65. The van der Waals surface area contributed by atoms with Crippen molar-refractivity contribution in [3.05, 3.63) is 100 Å². The van der Waals surface area contributed by atoms with Crippen molar-refractivity contribution < 1.29 is 14.3 Å². The Morgan fingerprint density at radius 2 is 1.54 bits per heavy atom. The monoisotopic (exact) mass is 564 g/mol. The van der Waals surface area contributed by atoms with Crippen LogP contribution in [0.4, 0.5) is 0 Å². The number of amides is 2. The van der Waals surface area contributed by atoms with Crippen LogP contribution in [-0.2, 0) is 22.6 Å². The molecule has 5 nitrogen and oxygen atoms in total. The average Bonchev–Trinajstić information content (AvgIpc) is 2.90. The fourth-order valence-corrected chi connectivity index (χ4v) is 4.36. The predicted octanol–water partition coefficient (Wildman–Crippen LogP) is 6.51.